The third-order valence-corrected chi connectivity index (χ3v) is 3.61. The monoisotopic (exact) mass is 328 g/mol. The van der Waals surface area contributed by atoms with E-state index < -0.39 is 29.6 Å². The van der Waals surface area contributed by atoms with Crippen molar-refractivity contribution in [3.05, 3.63) is 47.5 Å². The molecule has 0 radical (unpaired) electrons. The van der Waals surface area contributed by atoms with E-state index in [1.165, 1.54) is 24.3 Å². The molecule has 2 aliphatic heterocycles. The fraction of sp³-hybridized carbons (Fsp3) is 0.188. The molecule has 2 aliphatic rings. The fourth-order valence-corrected chi connectivity index (χ4v) is 2.31. The lowest BCUT2D eigenvalue weighted by Gasteiger charge is -2.14. The average molecular weight is 328 g/mol. The van der Waals surface area contributed by atoms with Crippen LogP contribution in [0.3, 0.4) is 0 Å². The maximum Gasteiger partial charge on any atom is 0.363 e. The van der Waals surface area contributed by atoms with Gasteiger partial charge in [-0.15, -0.1) is 5.06 Å². The van der Waals surface area contributed by atoms with Crippen molar-refractivity contribution in [2.45, 2.75) is 19.4 Å². The van der Waals surface area contributed by atoms with Gasteiger partial charge in [0, 0.05) is 25.0 Å². The SMILES string of the molecule is O=C(ON1C(=O)CCC1=O)c1ccc(CN2C(=O)C=CC2=O)cc1. The van der Waals surface area contributed by atoms with Crippen LogP contribution in [0.2, 0.25) is 0 Å². The molecule has 1 aromatic carbocycles. The summed E-state index contributed by atoms with van der Waals surface area (Å²) in [6.07, 6.45) is 2.43. The summed E-state index contributed by atoms with van der Waals surface area (Å²) >= 11 is 0. The van der Waals surface area contributed by atoms with Gasteiger partial charge in [0.1, 0.15) is 0 Å². The van der Waals surface area contributed by atoms with Crippen molar-refractivity contribution in [3.8, 4) is 0 Å². The van der Waals surface area contributed by atoms with Gasteiger partial charge in [-0.05, 0) is 17.7 Å². The Morgan fingerprint density at radius 2 is 1.46 bits per heavy atom. The van der Waals surface area contributed by atoms with E-state index in [0.717, 1.165) is 4.90 Å². The number of rotatable bonds is 4. The minimum Gasteiger partial charge on any atom is -0.325 e. The Labute approximate surface area is 136 Å². The van der Waals surface area contributed by atoms with Gasteiger partial charge >= 0.3 is 5.97 Å². The number of hydrogen-bond acceptors (Lipinski definition) is 6. The Hall–Kier alpha value is -3.29. The highest BCUT2D eigenvalue weighted by Crippen LogP contribution is 2.16. The van der Waals surface area contributed by atoms with E-state index in [1.54, 1.807) is 12.1 Å². The molecule has 8 heteroatoms. The Morgan fingerprint density at radius 1 is 0.917 bits per heavy atom. The maximum absolute atomic E-state index is 12.0. The number of nitrogens with zero attached hydrogens (tertiary/aromatic N) is 2. The van der Waals surface area contributed by atoms with Gasteiger partial charge in [0.05, 0.1) is 12.1 Å². The van der Waals surface area contributed by atoms with Crippen LogP contribution in [-0.2, 0) is 30.6 Å². The number of imide groups is 2. The summed E-state index contributed by atoms with van der Waals surface area (Å²) in [4.78, 5) is 63.6. The van der Waals surface area contributed by atoms with E-state index in [9.17, 15) is 24.0 Å². The van der Waals surface area contributed by atoms with Crippen molar-refractivity contribution in [2.75, 3.05) is 0 Å². The molecule has 0 unspecified atom stereocenters. The zero-order chi connectivity index (χ0) is 17.3. The van der Waals surface area contributed by atoms with Gasteiger partial charge in [-0.25, -0.2) is 4.79 Å². The summed E-state index contributed by atoms with van der Waals surface area (Å²) in [5.41, 5.74) is 0.786. The first-order chi connectivity index (χ1) is 11.5. The second-order valence-electron chi connectivity index (χ2n) is 5.25. The summed E-state index contributed by atoms with van der Waals surface area (Å²) in [7, 11) is 0. The van der Waals surface area contributed by atoms with Crippen molar-refractivity contribution < 1.29 is 28.8 Å². The summed E-state index contributed by atoms with van der Waals surface area (Å²) in [5, 5.41) is 0.476. The fourth-order valence-electron chi connectivity index (χ4n) is 2.31. The number of amides is 4. The lowest BCUT2D eigenvalue weighted by molar-refractivity contribution is -0.172. The molecule has 0 N–H and O–H groups in total. The maximum atomic E-state index is 12.0. The summed E-state index contributed by atoms with van der Waals surface area (Å²) < 4.78 is 0. The number of benzene rings is 1. The predicted octanol–water partition coefficient (Wildman–Crippen LogP) is 0.332. The van der Waals surface area contributed by atoms with Crippen LogP contribution in [0, 0.1) is 0 Å². The van der Waals surface area contributed by atoms with Gasteiger partial charge in [0.2, 0.25) is 0 Å². The molecule has 0 bridgehead atoms. The number of hydrogen-bond donors (Lipinski definition) is 0. The van der Waals surface area contributed by atoms with E-state index in [0.29, 0.717) is 10.6 Å². The third-order valence-electron chi connectivity index (χ3n) is 3.61. The van der Waals surface area contributed by atoms with Crippen molar-refractivity contribution >= 4 is 29.6 Å². The highest BCUT2D eigenvalue weighted by atomic mass is 16.7. The Balaban J connectivity index is 1.65. The van der Waals surface area contributed by atoms with E-state index in [1.807, 2.05) is 0 Å². The van der Waals surface area contributed by atoms with Crippen LogP contribution < -0.4 is 0 Å². The summed E-state index contributed by atoms with van der Waals surface area (Å²) in [6, 6.07) is 5.98. The van der Waals surface area contributed by atoms with Gasteiger partial charge in [0.25, 0.3) is 23.6 Å². The van der Waals surface area contributed by atoms with E-state index in [-0.39, 0.29) is 24.9 Å². The summed E-state index contributed by atoms with van der Waals surface area (Å²) in [5.74, 6) is -2.73. The first-order valence-electron chi connectivity index (χ1n) is 7.16. The molecule has 0 atom stereocenters. The van der Waals surface area contributed by atoms with Crippen LogP contribution in [0.5, 0.6) is 0 Å². The molecule has 3 rings (SSSR count). The van der Waals surface area contributed by atoms with Crippen LogP contribution in [0.4, 0.5) is 0 Å². The highest BCUT2D eigenvalue weighted by Gasteiger charge is 2.33. The number of carbonyl (C=O) groups is 5. The molecular weight excluding hydrogens is 316 g/mol. The van der Waals surface area contributed by atoms with Gasteiger partial charge in [-0.2, -0.15) is 0 Å². The molecule has 8 nitrogen and oxygen atoms in total. The van der Waals surface area contributed by atoms with Gasteiger partial charge in [-0.1, -0.05) is 12.1 Å². The Bertz CT molecular complexity index is 746. The van der Waals surface area contributed by atoms with Gasteiger partial charge < -0.3 is 4.84 Å². The zero-order valence-corrected chi connectivity index (χ0v) is 12.4. The normalized spacial score (nSPS) is 17.2. The molecule has 2 heterocycles. The van der Waals surface area contributed by atoms with Crippen LogP contribution in [0.1, 0.15) is 28.8 Å². The molecule has 4 amide bonds. The molecule has 1 aromatic rings. The number of carbonyl (C=O) groups excluding carboxylic acids is 5. The van der Waals surface area contributed by atoms with Crippen molar-refractivity contribution in [1.82, 2.24) is 9.96 Å². The molecule has 24 heavy (non-hydrogen) atoms. The topological polar surface area (TPSA) is 101 Å². The predicted molar refractivity (Wildman–Crippen MR) is 77.6 cm³/mol. The van der Waals surface area contributed by atoms with Crippen LogP contribution in [-0.4, -0.2) is 39.6 Å². The third kappa shape index (κ3) is 2.94. The smallest absolute Gasteiger partial charge is 0.325 e. The summed E-state index contributed by atoms with van der Waals surface area (Å²) in [6.45, 7) is 0.0864. The van der Waals surface area contributed by atoms with Crippen LogP contribution in [0.15, 0.2) is 36.4 Å². The van der Waals surface area contributed by atoms with Crippen LogP contribution >= 0.6 is 0 Å². The molecule has 1 saturated heterocycles. The highest BCUT2D eigenvalue weighted by molar-refractivity contribution is 6.12. The second-order valence-corrected chi connectivity index (χ2v) is 5.25. The lowest BCUT2D eigenvalue weighted by Crippen LogP contribution is -2.32. The van der Waals surface area contributed by atoms with Gasteiger partial charge in [0.15, 0.2) is 0 Å². The van der Waals surface area contributed by atoms with Gasteiger partial charge in [-0.3, -0.25) is 24.1 Å². The first-order valence-corrected chi connectivity index (χ1v) is 7.16. The zero-order valence-electron chi connectivity index (χ0n) is 12.4. The van der Waals surface area contributed by atoms with E-state index in [4.69, 9.17) is 4.84 Å². The first kappa shape index (κ1) is 15.6. The van der Waals surface area contributed by atoms with Crippen molar-refractivity contribution in [1.29, 1.82) is 0 Å². The van der Waals surface area contributed by atoms with Crippen molar-refractivity contribution in [2.24, 2.45) is 0 Å². The van der Waals surface area contributed by atoms with E-state index >= 15 is 0 Å². The second kappa shape index (κ2) is 6.07. The molecule has 0 spiro atoms. The van der Waals surface area contributed by atoms with Crippen molar-refractivity contribution in [3.63, 3.8) is 0 Å². The van der Waals surface area contributed by atoms with Crippen LogP contribution in [0.25, 0.3) is 0 Å². The Kier molecular flexibility index (Phi) is 3.95. The number of hydroxylamine groups is 2. The standard InChI is InChI=1S/C16H12N2O6/c19-12-5-6-13(20)17(12)9-10-1-3-11(4-2-10)16(23)24-18-14(21)7-8-15(18)22/h1-6H,7-9H2. The minimum absolute atomic E-state index is 0.0248. The largest absolute Gasteiger partial charge is 0.363 e. The molecule has 0 saturated carbocycles. The average Bonchev–Trinajstić information content (AvgIpc) is 3.05. The Morgan fingerprint density at radius 3 is 2.00 bits per heavy atom. The van der Waals surface area contributed by atoms with E-state index in [2.05, 4.69) is 0 Å². The molecule has 0 aliphatic carbocycles. The molecule has 1 fully saturated rings. The lowest BCUT2D eigenvalue weighted by atomic mass is 10.1. The quantitative estimate of drug-likeness (QED) is 0.738. The molecule has 0 aromatic heterocycles. The molecular formula is C16H12N2O6. The minimum atomic E-state index is -0.833. The molecule has 122 valence electrons.